The Bertz CT molecular complexity index is 1400. The highest BCUT2D eigenvalue weighted by molar-refractivity contribution is 6.03. The second-order valence-corrected chi connectivity index (χ2v) is 13.7. The molecule has 3 rings (SSSR count). The highest BCUT2D eigenvalue weighted by Gasteiger charge is 2.43. The number of carboxylic acid groups (broad SMARTS) is 1. The molecule has 0 radical (unpaired) electrons. The van der Waals surface area contributed by atoms with Crippen molar-refractivity contribution in [1.29, 1.82) is 0 Å². The first-order valence-corrected chi connectivity index (χ1v) is 16.2. The molecular formula is C34H51N5O7. The molecular weight excluding hydrogens is 590 g/mol. The SMILES string of the molecule is CCCC[C@H](C(=O)O)N(C(=O)[C@H](Cc1cn(C(=O)OC)c2ccccc12)NC(=O)[C@@H](N)CC(C)(C)C)C(=O)N1C(C)CCCC1C. The van der Waals surface area contributed by atoms with Crippen molar-refractivity contribution in [2.24, 2.45) is 11.1 Å². The van der Waals surface area contributed by atoms with Crippen molar-refractivity contribution in [3.05, 3.63) is 36.0 Å². The van der Waals surface area contributed by atoms with Crippen LogP contribution in [-0.2, 0) is 25.5 Å². The Kier molecular flexibility index (Phi) is 12.4. The van der Waals surface area contributed by atoms with Crippen molar-refractivity contribution in [2.45, 2.75) is 123 Å². The van der Waals surface area contributed by atoms with Crippen LogP contribution in [0.5, 0.6) is 0 Å². The van der Waals surface area contributed by atoms with Crippen LogP contribution in [0.15, 0.2) is 30.5 Å². The highest BCUT2D eigenvalue weighted by atomic mass is 16.5. The molecule has 1 saturated heterocycles. The second kappa shape index (κ2) is 15.6. The molecule has 1 aliphatic heterocycles. The minimum Gasteiger partial charge on any atom is -0.480 e. The van der Waals surface area contributed by atoms with Gasteiger partial charge >= 0.3 is 18.1 Å². The number of nitrogens with zero attached hydrogens (tertiary/aromatic N) is 3. The van der Waals surface area contributed by atoms with E-state index in [-0.39, 0.29) is 30.3 Å². The van der Waals surface area contributed by atoms with Gasteiger partial charge in [-0.15, -0.1) is 0 Å². The maximum absolute atomic E-state index is 14.7. The number of likely N-dealkylation sites (tertiary alicyclic amines) is 1. The van der Waals surface area contributed by atoms with E-state index in [9.17, 15) is 29.1 Å². The number of imide groups is 1. The van der Waals surface area contributed by atoms with Crippen molar-refractivity contribution in [3.63, 3.8) is 0 Å². The molecule has 12 heteroatoms. The molecule has 4 N–H and O–H groups in total. The number of nitrogens with one attached hydrogen (secondary N) is 1. The van der Waals surface area contributed by atoms with Gasteiger partial charge in [0.05, 0.1) is 18.7 Å². The number of carbonyl (C=O) groups excluding carboxylic acids is 4. The summed E-state index contributed by atoms with van der Waals surface area (Å²) in [5.74, 6) is -2.74. The third-order valence-corrected chi connectivity index (χ3v) is 8.66. The van der Waals surface area contributed by atoms with Gasteiger partial charge in [0.1, 0.15) is 12.1 Å². The van der Waals surface area contributed by atoms with E-state index in [1.807, 2.05) is 41.5 Å². The van der Waals surface area contributed by atoms with Crippen LogP contribution in [0.1, 0.15) is 92.1 Å². The zero-order chi connectivity index (χ0) is 34.3. The number of carbonyl (C=O) groups is 5. The number of aromatic nitrogens is 1. The number of rotatable bonds is 11. The molecule has 2 heterocycles. The van der Waals surface area contributed by atoms with E-state index in [2.05, 4.69) is 5.32 Å². The Balaban J connectivity index is 2.15. The monoisotopic (exact) mass is 641 g/mol. The molecule has 0 spiro atoms. The number of nitrogens with two attached hydrogens (primary N) is 1. The molecule has 0 saturated carbocycles. The Morgan fingerprint density at radius 2 is 1.74 bits per heavy atom. The summed E-state index contributed by atoms with van der Waals surface area (Å²) in [6, 6.07) is 2.16. The van der Waals surface area contributed by atoms with Crippen LogP contribution < -0.4 is 11.1 Å². The Labute approximate surface area is 271 Å². The summed E-state index contributed by atoms with van der Waals surface area (Å²) >= 11 is 0. The van der Waals surface area contributed by atoms with Gasteiger partial charge in [0.25, 0.3) is 5.91 Å². The lowest BCUT2D eigenvalue weighted by molar-refractivity contribution is -0.150. The summed E-state index contributed by atoms with van der Waals surface area (Å²) in [4.78, 5) is 70.3. The number of fused-ring (bicyclic) bond motifs is 1. The number of para-hydroxylation sites is 1. The van der Waals surface area contributed by atoms with Crippen LogP contribution in [-0.4, -0.2) is 86.7 Å². The van der Waals surface area contributed by atoms with E-state index in [4.69, 9.17) is 10.5 Å². The second-order valence-electron chi connectivity index (χ2n) is 13.7. The first-order valence-electron chi connectivity index (χ1n) is 16.2. The topological polar surface area (TPSA) is 164 Å². The van der Waals surface area contributed by atoms with E-state index < -0.39 is 48.0 Å². The Morgan fingerprint density at radius 1 is 1.11 bits per heavy atom. The van der Waals surface area contributed by atoms with Crippen molar-refractivity contribution in [3.8, 4) is 0 Å². The van der Waals surface area contributed by atoms with Crippen molar-refractivity contribution >= 4 is 40.8 Å². The first kappa shape index (κ1) is 36.5. The van der Waals surface area contributed by atoms with Gasteiger partial charge in [-0.3, -0.25) is 14.2 Å². The van der Waals surface area contributed by atoms with Gasteiger partial charge in [-0.2, -0.15) is 0 Å². The smallest absolute Gasteiger partial charge is 0.418 e. The maximum atomic E-state index is 14.7. The number of aliphatic carboxylic acids is 1. The number of benzene rings is 1. The van der Waals surface area contributed by atoms with E-state index in [1.165, 1.54) is 17.9 Å². The van der Waals surface area contributed by atoms with Gasteiger partial charge in [0, 0.05) is 30.1 Å². The van der Waals surface area contributed by atoms with Crippen molar-refractivity contribution in [2.75, 3.05) is 7.11 Å². The zero-order valence-corrected chi connectivity index (χ0v) is 28.2. The number of methoxy groups -OCH3 is 1. The average molecular weight is 642 g/mol. The van der Waals surface area contributed by atoms with Gasteiger partial charge in [0.15, 0.2) is 0 Å². The predicted octanol–water partition coefficient (Wildman–Crippen LogP) is 4.90. The summed E-state index contributed by atoms with van der Waals surface area (Å²) < 4.78 is 6.26. The molecule has 2 aromatic rings. The quantitative estimate of drug-likeness (QED) is 0.312. The van der Waals surface area contributed by atoms with E-state index in [0.29, 0.717) is 35.7 Å². The Morgan fingerprint density at radius 3 is 2.30 bits per heavy atom. The summed E-state index contributed by atoms with van der Waals surface area (Å²) in [6.07, 6.45) is 4.62. The minimum atomic E-state index is -1.44. The fourth-order valence-corrected chi connectivity index (χ4v) is 6.35. The van der Waals surface area contributed by atoms with Crippen LogP contribution >= 0.6 is 0 Å². The van der Waals surface area contributed by atoms with Crippen LogP contribution in [0.25, 0.3) is 10.9 Å². The molecule has 1 aromatic heterocycles. The van der Waals surface area contributed by atoms with Gasteiger partial charge in [0.2, 0.25) is 5.91 Å². The third kappa shape index (κ3) is 8.65. The fraction of sp³-hybridized carbons (Fsp3) is 0.618. The molecule has 12 nitrogen and oxygen atoms in total. The number of piperidine rings is 1. The normalized spacial score (nSPS) is 18.8. The van der Waals surface area contributed by atoms with Crippen LogP contribution in [0.2, 0.25) is 0 Å². The molecule has 46 heavy (non-hydrogen) atoms. The number of ether oxygens (including phenoxy) is 1. The van der Waals surface area contributed by atoms with E-state index in [0.717, 1.165) is 24.2 Å². The number of unbranched alkanes of at least 4 members (excludes halogenated alkanes) is 1. The molecule has 1 aliphatic rings. The molecule has 0 bridgehead atoms. The molecule has 1 fully saturated rings. The van der Waals surface area contributed by atoms with Gasteiger partial charge < -0.3 is 25.8 Å². The number of amides is 4. The lowest BCUT2D eigenvalue weighted by Crippen LogP contribution is -2.63. The summed E-state index contributed by atoms with van der Waals surface area (Å²) in [5.41, 5.74) is 7.05. The number of hydrogen-bond acceptors (Lipinski definition) is 7. The summed E-state index contributed by atoms with van der Waals surface area (Å²) in [5, 5.41) is 13.8. The molecule has 0 aliphatic carbocycles. The number of hydrogen-bond donors (Lipinski definition) is 3. The molecule has 254 valence electrons. The lowest BCUT2D eigenvalue weighted by Gasteiger charge is -2.43. The van der Waals surface area contributed by atoms with Crippen molar-refractivity contribution < 1.29 is 33.8 Å². The maximum Gasteiger partial charge on any atom is 0.418 e. The van der Waals surface area contributed by atoms with E-state index >= 15 is 0 Å². The number of urea groups is 1. The van der Waals surface area contributed by atoms with Crippen LogP contribution in [0, 0.1) is 5.41 Å². The largest absolute Gasteiger partial charge is 0.480 e. The summed E-state index contributed by atoms with van der Waals surface area (Å²) in [7, 11) is 1.26. The summed E-state index contributed by atoms with van der Waals surface area (Å²) in [6.45, 7) is 11.5. The molecule has 4 amide bonds. The number of carboxylic acids is 1. The third-order valence-electron chi connectivity index (χ3n) is 8.66. The van der Waals surface area contributed by atoms with Crippen LogP contribution in [0.4, 0.5) is 9.59 Å². The fourth-order valence-electron chi connectivity index (χ4n) is 6.35. The van der Waals surface area contributed by atoms with Crippen molar-refractivity contribution in [1.82, 2.24) is 19.7 Å². The lowest BCUT2D eigenvalue weighted by atomic mass is 9.88. The average Bonchev–Trinajstić information content (AvgIpc) is 3.35. The highest BCUT2D eigenvalue weighted by Crippen LogP contribution is 2.28. The zero-order valence-electron chi connectivity index (χ0n) is 28.2. The Hall–Kier alpha value is -3.93. The van der Waals surface area contributed by atoms with E-state index in [1.54, 1.807) is 29.2 Å². The minimum absolute atomic E-state index is 0.0613. The molecule has 5 atom stereocenters. The van der Waals surface area contributed by atoms with Gasteiger partial charge in [-0.1, -0.05) is 58.7 Å². The standard InChI is InChI=1S/C34H51N5O7/c1-8-9-16-28(31(42)43)39(32(44)38-21(2)13-12-14-22(38)3)30(41)26(36-29(40)25(35)19-34(4,5)6)18-23-20-37(33(45)46-7)27-17-11-10-15-24(23)27/h10-11,15,17,20-22,25-26,28H,8-9,12-14,16,18-19,35H2,1-7H3,(H,36,40)(H,42,43)/t21?,22?,25-,26-,28+/m0/s1. The van der Waals surface area contributed by atoms with Gasteiger partial charge in [-0.05, 0) is 63.0 Å². The predicted molar refractivity (Wildman–Crippen MR) is 175 cm³/mol. The van der Waals surface area contributed by atoms with Gasteiger partial charge in [-0.25, -0.2) is 19.3 Å². The van der Waals surface area contributed by atoms with Crippen LogP contribution in [0.3, 0.4) is 0 Å². The first-order chi connectivity index (χ1) is 21.6. The molecule has 2 unspecified atom stereocenters. The molecule has 1 aromatic carbocycles.